The van der Waals surface area contributed by atoms with E-state index in [4.69, 9.17) is 11.6 Å². The topological polar surface area (TPSA) is 96.0 Å². The number of aromatic nitrogens is 2. The third kappa shape index (κ3) is 5.17. The van der Waals surface area contributed by atoms with Crippen molar-refractivity contribution in [1.29, 1.82) is 0 Å². The Morgan fingerprint density at radius 1 is 1.23 bits per heavy atom. The second-order valence-corrected chi connectivity index (χ2v) is 6.56. The van der Waals surface area contributed by atoms with Gasteiger partial charge in [0.15, 0.2) is 4.34 Å². The van der Waals surface area contributed by atoms with Gasteiger partial charge in [0.25, 0.3) is 0 Å². The maximum absolute atomic E-state index is 11.8. The van der Waals surface area contributed by atoms with E-state index >= 15 is 0 Å². The Bertz CT molecular complexity index is 662. The van der Waals surface area contributed by atoms with E-state index < -0.39 is 6.03 Å². The molecule has 0 bridgehead atoms. The maximum Gasteiger partial charge on any atom is 0.325 e. The van der Waals surface area contributed by atoms with Crippen LogP contribution in [0.2, 0.25) is 5.02 Å². The Morgan fingerprint density at radius 3 is 2.64 bits per heavy atom. The first kappa shape index (κ1) is 16.5. The first-order chi connectivity index (χ1) is 10.6. The lowest BCUT2D eigenvalue weighted by Gasteiger charge is -2.04. The number of halogens is 1. The molecule has 10 heteroatoms. The summed E-state index contributed by atoms with van der Waals surface area (Å²) >= 11 is 8.21. The summed E-state index contributed by atoms with van der Waals surface area (Å²) in [5, 5.41) is 16.4. The molecule has 7 nitrogen and oxygen atoms in total. The van der Waals surface area contributed by atoms with Crippen LogP contribution < -0.4 is 16.0 Å². The molecular formula is C12H12ClN5O2S2. The minimum atomic E-state index is -0.429. The molecule has 3 N–H and O–H groups in total. The van der Waals surface area contributed by atoms with Crippen molar-refractivity contribution >= 4 is 57.5 Å². The highest BCUT2D eigenvalue weighted by Crippen LogP contribution is 2.25. The monoisotopic (exact) mass is 357 g/mol. The maximum atomic E-state index is 11.8. The molecule has 116 valence electrons. The molecule has 3 amide bonds. The van der Waals surface area contributed by atoms with Crippen molar-refractivity contribution in [1.82, 2.24) is 15.5 Å². The van der Waals surface area contributed by atoms with Gasteiger partial charge in [0.2, 0.25) is 11.0 Å². The fourth-order valence-electron chi connectivity index (χ4n) is 1.31. The first-order valence-electron chi connectivity index (χ1n) is 6.07. The van der Waals surface area contributed by atoms with E-state index in [1.165, 1.54) is 23.1 Å². The number of rotatable bonds is 5. The summed E-state index contributed by atoms with van der Waals surface area (Å²) in [7, 11) is 1.57. The van der Waals surface area contributed by atoms with E-state index in [-0.39, 0.29) is 11.7 Å². The molecule has 1 aromatic carbocycles. The summed E-state index contributed by atoms with van der Waals surface area (Å²) in [4.78, 5) is 22.9. The predicted molar refractivity (Wildman–Crippen MR) is 88.8 cm³/mol. The lowest BCUT2D eigenvalue weighted by Crippen LogP contribution is -2.19. The van der Waals surface area contributed by atoms with Gasteiger partial charge in [-0.1, -0.05) is 34.7 Å². The fourth-order valence-corrected chi connectivity index (χ4v) is 3.06. The van der Waals surface area contributed by atoms with Gasteiger partial charge in [0.05, 0.1) is 5.75 Å². The van der Waals surface area contributed by atoms with Gasteiger partial charge in [-0.15, -0.1) is 10.2 Å². The van der Waals surface area contributed by atoms with E-state index in [9.17, 15) is 9.59 Å². The quantitative estimate of drug-likeness (QED) is 0.564. The van der Waals surface area contributed by atoms with E-state index in [2.05, 4.69) is 26.1 Å². The van der Waals surface area contributed by atoms with Crippen LogP contribution in [0.15, 0.2) is 28.6 Å². The number of benzene rings is 1. The van der Waals surface area contributed by atoms with Gasteiger partial charge in [-0.2, -0.15) is 0 Å². The van der Waals surface area contributed by atoms with Crippen molar-refractivity contribution in [2.75, 3.05) is 23.4 Å². The van der Waals surface area contributed by atoms with E-state index in [0.29, 0.717) is 20.2 Å². The predicted octanol–water partition coefficient (Wildman–Crippen LogP) is 2.67. The molecule has 0 saturated carbocycles. The number of carbonyl (C=O) groups excluding carboxylic acids is 2. The summed E-state index contributed by atoms with van der Waals surface area (Å²) in [5.41, 5.74) is 0.612. The van der Waals surface area contributed by atoms with Gasteiger partial charge in [0, 0.05) is 17.8 Å². The van der Waals surface area contributed by atoms with Gasteiger partial charge in [0.1, 0.15) is 0 Å². The SMILES string of the molecule is CNC(=O)CSc1nnc(NC(=O)Nc2ccc(Cl)cc2)s1. The highest BCUT2D eigenvalue weighted by Gasteiger charge is 2.10. The van der Waals surface area contributed by atoms with Crippen LogP contribution in [0.4, 0.5) is 15.6 Å². The van der Waals surface area contributed by atoms with Crippen LogP contribution in [0, 0.1) is 0 Å². The summed E-state index contributed by atoms with van der Waals surface area (Å²) < 4.78 is 0.602. The van der Waals surface area contributed by atoms with Gasteiger partial charge >= 0.3 is 6.03 Å². The number of carbonyl (C=O) groups is 2. The normalized spacial score (nSPS) is 10.1. The smallest absolute Gasteiger partial charge is 0.325 e. The van der Waals surface area contributed by atoms with Crippen LogP contribution in [-0.4, -0.2) is 34.9 Å². The fraction of sp³-hybridized carbons (Fsp3) is 0.167. The standard InChI is InChI=1S/C12H12ClN5O2S2/c1-14-9(19)6-21-12-18-17-11(22-12)16-10(20)15-8-4-2-7(13)3-5-8/h2-5H,6H2,1H3,(H,14,19)(H2,15,16,17,20). The number of hydrogen-bond acceptors (Lipinski definition) is 6. The highest BCUT2D eigenvalue weighted by molar-refractivity contribution is 8.01. The molecule has 0 fully saturated rings. The zero-order chi connectivity index (χ0) is 15.9. The molecule has 0 saturated heterocycles. The molecule has 0 spiro atoms. The summed E-state index contributed by atoms with van der Waals surface area (Å²) in [5.74, 6) is 0.150. The number of nitrogens with one attached hydrogen (secondary N) is 3. The molecule has 0 aliphatic rings. The molecule has 1 heterocycles. The number of amides is 3. The van der Waals surface area contributed by atoms with Crippen molar-refractivity contribution in [2.45, 2.75) is 4.34 Å². The summed E-state index contributed by atoms with van der Waals surface area (Å²) in [6.45, 7) is 0. The Hall–Kier alpha value is -1.84. The number of anilines is 2. The highest BCUT2D eigenvalue weighted by atomic mass is 35.5. The van der Waals surface area contributed by atoms with Crippen LogP contribution in [-0.2, 0) is 4.79 Å². The lowest BCUT2D eigenvalue weighted by molar-refractivity contribution is -0.118. The molecule has 0 unspecified atom stereocenters. The molecule has 0 aliphatic heterocycles. The third-order valence-electron chi connectivity index (χ3n) is 2.33. The van der Waals surface area contributed by atoms with Crippen LogP contribution >= 0.6 is 34.7 Å². The average molecular weight is 358 g/mol. The molecule has 0 aliphatic carbocycles. The largest absolute Gasteiger partial charge is 0.358 e. The first-order valence-corrected chi connectivity index (χ1v) is 8.25. The molecule has 2 aromatic rings. The van der Waals surface area contributed by atoms with Crippen molar-refractivity contribution in [2.24, 2.45) is 0 Å². The minimum absolute atomic E-state index is 0.102. The number of hydrogen-bond donors (Lipinski definition) is 3. The second kappa shape index (κ2) is 7.97. The zero-order valence-corrected chi connectivity index (χ0v) is 13.8. The van der Waals surface area contributed by atoms with Gasteiger partial charge in [-0.05, 0) is 24.3 Å². The van der Waals surface area contributed by atoms with Gasteiger partial charge in [-0.3, -0.25) is 10.1 Å². The Morgan fingerprint density at radius 2 is 1.95 bits per heavy atom. The molecule has 1 aromatic heterocycles. The molecule has 0 radical (unpaired) electrons. The second-order valence-electron chi connectivity index (χ2n) is 3.92. The Kier molecular flexibility index (Phi) is 5.99. The molecule has 2 rings (SSSR count). The van der Waals surface area contributed by atoms with Gasteiger partial charge in [-0.25, -0.2) is 4.79 Å². The van der Waals surface area contributed by atoms with Crippen LogP contribution in [0.25, 0.3) is 0 Å². The molecule has 22 heavy (non-hydrogen) atoms. The van der Waals surface area contributed by atoms with E-state index in [0.717, 1.165) is 0 Å². The Balaban J connectivity index is 1.85. The average Bonchev–Trinajstić information content (AvgIpc) is 2.94. The van der Waals surface area contributed by atoms with Crippen LogP contribution in [0.1, 0.15) is 0 Å². The number of nitrogens with zero attached hydrogens (tertiary/aromatic N) is 2. The summed E-state index contributed by atoms with van der Waals surface area (Å²) in [6.07, 6.45) is 0. The van der Waals surface area contributed by atoms with E-state index in [1.807, 2.05) is 0 Å². The minimum Gasteiger partial charge on any atom is -0.358 e. The number of thioether (sulfide) groups is 1. The van der Waals surface area contributed by atoms with E-state index in [1.54, 1.807) is 31.3 Å². The Labute approximate surface area is 139 Å². The third-order valence-corrected chi connectivity index (χ3v) is 4.56. The van der Waals surface area contributed by atoms with Gasteiger partial charge < -0.3 is 10.6 Å². The van der Waals surface area contributed by atoms with Crippen LogP contribution in [0.5, 0.6) is 0 Å². The molecular weight excluding hydrogens is 346 g/mol. The van der Waals surface area contributed by atoms with Crippen LogP contribution in [0.3, 0.4) is 0 Å². The zero-order valence-electron chi connectivity index (χ0n) is 11.4. The summed E-state index contributed by atoms with van der Waals surface area (Å²) in [6, 6.07) is 6.30. The lowest BCUT2D eigenvalue weighted by atomic mass is 10.3. The van der Waals surface area contributed by atoms with Crippen molar-refractivity contribution < 1.29 is 9.59 Å². The number of urea groups is 1. The van der Waals surface area contributed by atoms with Crippen molar-refractivity contribution in [3.63, 3.8) is 0 Å². The molecule has 0 atom stereocenters. The van der Waals surface area contributed by atoms with Crippen molar-refractivity contribution in [3.05, 3.63) is 29.3 Å². The van der Waals surface area contributed by atoms with Crippen molar-refractivity contribution in [3.8, 4) is 0 Å².